The number of aliphatic hydroxyl groups is 1. The van der Waals surface area contributed by atoms with Gasteiger partial charge in [0.1, 0.15) is 0 Å². The molecule has 0 saturated carbocycles. The number of aliphatic hydroxyl groups excluding tert-OH is 1. The number of sulfone groups is 1. The maximum atomic E-state index is 12.2. The van der Waals surface area contributed by atoms with Crippen molar-refractivity contribution in [3.05, 3.63) is 29.8 Å². The summed E-state index contributed by atoms with van der Waals surface area (Å²) in [6, 6.07) is 6.60. The Labute approximate surface area is 126 Å². The molecule has 0 bridgehead atoms. The second-order valence-corrected chi connectivity index (χ2v) is 7.15. The molecule has 1 rings (SSSR count). The highest BCUT2D eigenvalue weighted by Gasteiger charge is 2.16. The zero-order chi connectivity index (χ0) is 15.9. The minimum Gasteiger partial charge on any atom is -0.389 e. The average Bonchev–Trinajstić information content (AvgIpc) is 2.45. The van der Waals surface area contributed by atoms with Crippen LogP contribution in [-0.4, -0.2) is 64.1 Å². The molecule has 21 heavy (non-hydrogen) atoms. The lowest BCUT2D eigenvalue weighted by atomic mass is 10.2. The van der Waals surface area contributed by atoms with Gasteiger partial charge in [-0.25, -0.2) is 8.42 Å². The van der Waals surface area contributed by atoms with Gasteiger partial charge in [0, 0.05) is 26.7 Å². The van der Waals surface area contributed by atoms with Gasteiger partial charge in [0.15, 0.2) is 9.84 Å². The zero-order valence-electron chi connectivity index (χ0n) is 12.5. The molecule has 3 N–H and O–H groups in total. The van der Waals surface area contributed by atoms with Crippen molar-refractivity contribution in [1.82, 2.24) is 4.90 Å². The van der Waals surface area contributed by atoms with Crippen LogP contribution in [0.1, 0.15) is 5.56 Å². The van der Waals surface area contributed by atoms with Gasteiger partial charge >= 0.3 is 0 Å². The van der Waals surface area contributed by atoms with Crippen molar-refractivity contribution in [2.45, 2.75) is 17.5 Å². The topological polar surface area (TPSA) is 92.9 Å². The number of methoxy groups -OCH3 is 1. The van der Waals surface area contributed by atoms with Crippen LogP contribution in [0.4, 0.5) is 0 Å². The zero-order valence-corrected chi connectivity index (χ0v) is 13.3. The Hall–Kier alpha value is -0.990. The predicted octanol–water partition coefficient (Wildman–Crippen LogP) is -0.142. The molecule has 0 aliphatic heterocycles. The Morgan fingerprint density at radius 1 is 1.33 bits per heavy atom. The Balaban J connectivity index is 2.55. The molecule has 0 fully saturated rings. The average molecular weight is 316 g/mol. The summed E-state index contributed by atoms with van der Waals surface area (Å²) >= 11 is 0. The van der Waals surface area contributed by atoms with Gasteiger partial charge < -0.3 is 20.5 Å². The molecule has 0 amide bonds. The van der Waals surface area contributed by atoms with Crippen LogP contribution in [0.25, 0.3) is 0 Å². The molecule has 0 aromatic heterocycles. The molecule has 0 saturated heterocycles. The SMILES string of the molecule is COCC(O)CN(C)CCS(=O)(=O)c1ccc(CN)cc1. The number of nitrogens with two attached hydrogens (primary N) is 1. The first-order valence-corrected chi connectivity index (χ1v) is 8.41. The molecule has 1 atom stereocenters. The molecule has 120 valence electrons. The van der Waals surface area contributed by atoms with E-state index in [4.69, 9.17) is 10.5 Å². The largest absolute Gasteiger partial charge is 0.389 e. The van der Waals surface area contributed by atoms with Crippen LogP contribution < -0.4 is 5.73 Å². The van der Waals surface area contributed by atoms with Gasteiger partial charge in [0.2, 0.25) is 0 Å². The summed E-state index contributed by atoms with van der Waals surface area (Å²) in [5, 5.41) is 9.60. The van der Waals surface area contributed by atoms with Gasteiger partial charge in [0.05, 0.1) is 23.4 Å². The van der Waals surface area contributed by atoms with Crippen LogP contribution in [0.2, 0.25) is 0 Å². The maximum Gasteiger partial charge on any atom is 0.179 e. The molecule has 1 aromatic rings. The first-order chi connectivity index (χ1) is 9.89. The summed E-state index contributed by atoms with van der Waals surface area (Å²) in [5.41, 5.74) is 6.39. The van der Waals surface area contributed by atoms with E-state index in [1.54, 1.807) is 36.2 Å². The predicted molar refractivity (Wildman–Crippen MR) is 81.8 cm³/mol. The third-order valence-corrected chi connectivity index (χ3v) is 4.85. The standard InChI is InChI=1S/C14H24N2O4S/c1-16(10-13(17)11-20-2)7-8-21(18,19)14-5-3-12(9-15)4-6-14/h3-6,13,17H,7-11,15H2,1-2H3. The molecule has 0 spiro atoms. The van der Waals surface area contributed by atoms with Gasteiger partial charge in [-0.1, -0.05) is 12.1 Å². The van der Waals surface area contributed by atoms with Crippen molar-refractivity contribution in [3.63, 3.8) is 0 Å². The first kappa shape index (κ1) is 18.1. The second-order valence-electron chi connectivity index (χ2n) is 5.04. The van der Waals surface area contributed by atoms with Crippen molar-refractivity contribution < 1.29 is 18.3 Å². The summed E-state index contributed by atoms with van der Waals surface area (Å²) in [5.74, 6) is 0.00513. The van der Waals surface area contributed by atoms with E-state index < -0.39 is 15.9 Å². The quantitative estimate of drug-likeness (QED) is 0.659. The van der Waals surface area contributed by atoms with Crippen LogP contribution in [-0.2, 0) is 21.1 Å². The van der Waals surface area contributed by atoms with Gasteiger partial charge in [-0.15, -0.1) is 0 Å². The normalized spacial score (nSPS) is 13.6. The van der Waals surface area contributed by atoms with Crippen LogP contribution in [0, 0.1) is 0 Å². The molecule has 0 aliphatic carbocycles. The molecule has 0 radical (unpaired) electrons. The van der Waals surface area contributed by atoms with Crippen LogP contribution in [0.3, 0.4) is 0 Å². The lowest BCUT2D eigenvalue weighted by Crippen LogP contribution is -2.34. The molecule has 1 aromatic carbocycles. The van der Waals surface area contributed by atoms with Crippen LogP contribution in [0.15, 0.2) is 29.2 Å². The van der Waals surface area contributed by atoms with Gasteiger partial charge in [-0.05, 0) is 24.7 Å². The Bertz CT molecular complexity index is 516. The number of benzene rings is 1. The highest BCUT2D eigenvalue weighted by molar-refractivity contribution is 7.91. The van der Waals surface area contributed by atoms with E-state index in [9.17, 15) is 13.5 Å². The third kappa shape index (κ3) is 6.11. The minimum atomic E-state index is -3.32. The summed E-state index contributed by atoms with van der Waals surface area (Å²) < 4.78 is 29.2. The van der Waals surface area contributed by atoms with Gasteiger partial charge in [-0.2, -0.15) is 0 Å². The number of rotatable bonds is 9. The Kier molecular flexibility index (Phi) is 7.27. The molecular formula is C14H24N2O4S. The number of hydrogen-bond donors (Lipinski definition) is 2. The summed E-state index contributed by atoms with van der Waals surface area (Å²) in [7, 11) is -0.0414. The van der Waals surface area contributed by atoms with Gasteiger partial charge in [-0.3, -0.25) is 0 Å². The molecule has 0 heterocycles. The molecule has 6 nitrogen and oxygen atoms in total. The van der Waals surface area contributed by atoms with Gasteiger partial charge in [0.25, 0.3) is 0 Å². The van der Waals surface area contributed by atoms with E-state index in [0.29, 0.717) is 24.5 Å². The Morgan fingerprint density at radius 3 is 2.48 bits per heavy atom. The number of nitrogens with zero attached hydrogens (tertiary/aromatic N) is 1. The van der Waals surface area contributed by atoms with E-state index >= 15 is 0 Å². The fourth-order valence-electron chi connectivity index (χ4n) is 1.92. The van der Waals surface area contributed by atoms with Crippen molar-refractivity contribution in [2.24, 2.45) is 5.73 Å². The fourth-order valence-corrected chi connectivity index (χ4v) is 3.26. The number of ether oxygens (including phenoxy) is 1. The molecule has 1 unspecified atom stereocenters. The molecule has 7 heteroatoms. The summed E-state index contributed by atoms with van der Waals surface area (Å²) in [6.45, 7) is 1.34. The van der Waals surface area contributed by atoms with Crippen molar-refractivity contribution in [3.8, 4) is 0 Å². The highest BCUT2D eigenvalue weighted by atomic mass is 32.2. The summed E-state index contributed by atoms with van der Waals surface area (Å²) in [4.78, 5) is 2.07. The van der Waals surface area contributed by atoms with Crippen molar-refractivity contribution in [2.75, 3.05) is 39.6 Å². The third-order valence-electron chi connectivity index (χ3n) is 3.14. The minimum absolute atomic E-state index is 0.00513. The maximum absolute atomic E-state index is 12.2. The smallest absolute Gasteiger partial charge is 0.179 e. The lowest BCUT2D eigenvalue weighted by molar-refractivity contribution is 0.0444. The van der Waals surface area contributed by atoms with E-state index in [-0.39, 0.29) is 12.4 Å². The van der Waals surface area contributed by atoms with Crippen LogP contribution in [0.5, 0.6) is 0 Å². The molecule has 0 aliphatic rings. The van der Waals surface area contributed by atoms with Crippen LogP contribution >= 0.6 is 0 Å². The summed E-state index contributed by atoms with van der Waals surface area (Å²) in [6.07, 6.45) is -0.619. The highest BCUT2D eigenvalue weighted by Crippen LogP contribution is 2.12. The lowest BCUT2D eigenvalue weighted by Gasteiger charge is -2.20. The first-order valence-electron chi connectivity index (χ1n) is 6.76. The van der Waals surface area contributed by atoms with E-state index in [0.717, 1.165) is 5.56 Å². The monoisotopic (exact) mass is 316 g/mol. The second kappa shape index (κ2) is 8.45. The number of hydrogen-bond acceptors (Lipinski definition) is 6. The van der Waals surface area contributed by atoms with E-state index in [1.165, 1.54) is 7.11 Å². The van der Waals surface area contributed by atoms with E-state index in [2.05, 4.69) is 0 Å². The van der Waals surface area contributed by atoms with E-state index in [1.807, 2.05) is 0 Å². The van der Waals surface area contributed by atoms with Crippen molar-refractivity contribution in [1.29, 1.82) is 0 Å². The molecular weight excluding hydrogens is 292 g/mol. The van der Waals surface area contributed by atoms with Crippen molar-refractivity contribution >= 4 is 9.84 Å². The fraction of sp³-hybridized carbons (Fsp3) is 0.571. The Morgan fingerprint density at radius 2 is 1.95 bits per heavy atom. The number of likely N-dealkylation sites (N-methyl/N-ethyl adjacent to an activating group) is 1.